The van der Waals surface area contributed by atoms with Crippen LogP contribution < -0.4 is 0 Å². The number of hydrogen-bond donors (Lipinski definition) is 12. The molecule has 72 heavy (non-hydrogen) atoms. The third kappa shape index (κ3) is 54.4. The van der Waals surface area contributed by atoms with E-state index in [-0.39, 0.29) is 119 Å². The van der Waals surface area contributed by atoms with Crippen LogP contribution in [0.5, 0.6) is 0 Å². The van der Waals surface area contributed by atoms with Gasteiger partial charge in [-0.25, -0.2) is 42.7 Å². The van der Waals surface area contributed by atoms with Crippen LogP contribution in [-0.4, -0.2) is 253 Å². The average Bonchev–Trinajstić information content (AvgIpc) is 3.25. The van der Waals surface area contributed by atoms with Gasteiger partial charge in [0.05, 0.1) is 116 Å². The minimum Gasteiger partial charge on any atom is -0.553 e. The second-order valence-electron chi connectivity index (χ2n) is 13.6. The van der Waals surface area contributed by atoms with E-state index < -0.39 is 73.2 Å². The van der Waals surface area contributed by atoms with Crippen LogP contribution in [0, 0.1) is 42.7 Å². The van der Waals surface area contributed by atoms with Crippen LogP contribution in [0.1, 0.15) is 19.3 Å². The van der Waals surface area contributed by atoms with Crippen molar-refractivity contribution in [2.45, 2.75) is 92.5 Å². The standard InChI is InChI=1S/C21H39O12.3C6H13O4.9Rf/c1-28-7-16(22)19(25)10-31-13-4-14(32-11-20(26)17(23)8-29-2)6-15(5-13)33-12-21(27)18(24)9-30-3;3*1-9-4-6(8)5-10-3-2-7;;;;;;;;;/h13-27H,1-12H2;3*6-8H,1-5H2;;;;;;;;;/q-3;3*-1;;;;;;;;;. The summed E-state index contributed by atoms with van der Waals surface area (Å²) in [5, 5.41) is 111. The summed E-state index contributed by atoms with van der Waals surface area (Å²) >= 11 is 0. The molecule has 1 aliphatic rings. The molecule has 9 unspecified atom stereocenters. The Kier molecular flexibility index (Phi) is 80.9. The van der Waals surface area contributed by atoms with Gasteiger partial charge in [-0.05, 0) is 19.3 Å². The van der Waals surface area contributed by atoms with Crippen LogP contribution in [0.25, 0.3) is 0 Å². The van der Waals surface area contributed by atoms with Gasteiger partial charge in [0.15, 0.2) is 0 Å². The number of hydrogen-bond acceptors (Lipinski definition) is 24. The molecule has 1 fully saturated rings. The number of aliphatic hydroxyl groups is 12. The minimum absolute atomic E-state index is 0. The molecule has 402 valence electrons. The van der Waals surface area contributed by atoms with E-state index in [9.17, 15) is 30.6 Å². The first-order valence-corrected chi connectivity index (χ1v) is 19.9. The molecular weight excluding hydrogens is 3260 g/mol. The molecule has 24 nitrogen and oxygen atoms in total. The van der Waals surface area contributed by atoms with Crippen LogP contribution >= 0.6 is 0 Å². The van der Waals surface area contributed by atoms with Crippen molar-refractivity contribution in [3.8, 4) is 0 Å². The van der Waals surface area contributed by atoms with Gasteiger partial charge >= 0.3 is 0 Å². The molecule has 0 amide bonds. The molecule has 1 aliphatic carbocycles. The quantitative estimate of drug-likeness (QED) is 0.0208. The molecule has 33 heteroatoms. The van der Waals surface area contributed by atoms with E-state index in [1.165, 1.54) is 0 Å². The van der Waals surface area contributed by atoms with Crippen molar-refractivity contribution in [3.63, 3.8) is 0 Å². The Morgan fingerprint density at radius 1 is 0.292 bits per heavy atom. The van der Waals surface area contributed by atoms with Crippen molar-refractivity contribution in [1.82, 2.24) is 0 Å². The van der Waals surface area contributed by atoms with Gasteiger partial charge in [0.25, 0.3) is 0 Å². The topological polar surface area (TPSA) is 354 Å². The summed E-state index contributed by atoms with van der Waals surface area (Å²) < 4.78 is 58.4. The van der Waals surface area contributed by atoms with E-state index in [0.29, 0.717) is 19.3 Å². The zero-order chi connectivity index (χ0) is 48.3. The molecular formula is C39H78O24Rf9-6. The van der Waals surface area contributed by atoms with E-state index in [4.69, 9.17) is 59.1 Å². The van der Waals surface area contributed by atoms with Crippen molar-refractivity contribution in [2.24, 2.45) is 0 Å². The van der Waals surface area contributed by atoms with Crippen LogP contribution in [0.15, 0.2) is 0 Å². The molecule has 12 N–H and O–H groups in total. The van der Waals surface area contributed by atoms with Crippen molar-refractivity contribution < 1.29 is 118 Å². The number of rotatable bonds is 36. The Bertz CT molecular complexity index is 827. The maximum atomic E-state index is 9.99. The zero-order valence-electron chi connectivity index (χ0n) is 42.6. The molecule has 0 heterocycles. The second-order valence-corrected chi connectivity index (χ2v) is 13.6. The Hall–Kier alpha value is -9.96. The monoisotopic (exact) mass is 3330 g/mol. The fourth-order valence-electron chi connectivity index (χ4n) is 4.71. The van der Waals surface area contributed by atoms with Gasteiger partial charge < -0.3 is 118 Å². The van der Waals surface area contributed by atoms with Crippen LogP contribution in [0.3, 0.4) is 0 Å². The molecule has 0 radical (unpaired) electrons. The predicted octanol–water partition coefficient (Wildman–Crippen LogP) is -4.59. The van der Waals surface area contributed by atoms with E-state index in [0.717, 1.165) is 0 Å². The molecule has 0 saturated heterocycles. The third-order valence-corrected chi connectivity index (χ3v) is 7.85. The molecule has 0 aromatic heterocycles. The molecule has 0 bridgehead atoms. The van der Waals surface area contributed by atoms with Gasteiger partial charge in [-0.1, -0.05) is 0 Å². The van der Waals surface area contributed by atoms with Gasteiger partial charge in [-0.15, -0.1) is 0 Å². The van der Waals surface area contributed by atoms with E-state index >= 15 is 0 Å². The van der Waals surface area contributed by atoms with Crippen molar-refractivity contribution in [1.29, 1.82) is 0 Å². The minimum atomic E-state index is -1.19. The summed E-state index contributed by atoms with van der Waals surface area (Å²) in [6, 6.07) is 0. The first kappa shape index (κ1) is 92.3. The smallest absolute Gasteiger partial charge is 0.105 e. The largest absolute Gasteiger partial charge is 0.553 e. The van der Waals surface area contributed by atoms with Gasteiger partial charge in [0, 0.05) is 39.6 Å². The van der Waals surface area contributed by atoms with Gasteiger partial charge in [0.2, 0.25) is 0 Å². The normalized spacial score (nSPS) is 18.0. The fourth-order valence-corrected chi connectivity index (χ4v) is 4.71. The van der Waals surface area contributed by atoms with Crippen molar-refractivity contribution in [3.05, 3.63) is 42.7 Å². The summed E-state index contributed by atoms with van der Waals surface area (Å²) in [5.41, 5.74) is 0. The van der Waals surface area contributed by atoms with Crippen molar-refractivity contribution >= 4 is 0 Å². The van der Waals surface area contributed by atoms with E-state index in [1.54, 1.807) is 0 Å². The second kappa shape index (κ2) is 63.1. The molecule has 1 saturated carbocycles. The summed E-state index contributed by atoms with van der Waals surface area (Å²) in [7, 11) is 18.7. The molecule has 9 atom stereocenters. The molecule has 1 rings (SSSR count). The molecule has 0 aromatic rings. The zero-order valence-corrected chi connectivity index (χ0v) is 100. The van der Waals surface area contributed by atoms with E-state index in [2.05, 4.69) is 71.1 Å². The van der Waals surface area contributed by atoms with Gasteiger partial charge in [0.1, 0.15) is 36.6 Å². The van der Waals surface area contributed by atoms with Gasteiger partial charge in [-0.2, -0.15) is 0 Å². The maximum absolute atomic E-state index is 9.99. The van der Waals surface area contributed by atoms with Crippen LogP contribution in [0.4, 0.5) is 0 Å². The Morgan fingerprint density at radius 2 is 0.472 bits per heavy atom. The Labute approximate surface area is 372 Å². The SMILES string of the molecule is [CH2-]OCC(O)C(O)COC1CC(OCC(O)C(O)CO[CH2-])CC(OCC(O)C(O)CO[CH2-])C1.[CH2-]OCC(O)COCCO.[CH2-]OCC(O)COCCO.[CH2-]OCC(O)COCCO.[Rf].[Rf].[Rf].[Rf].[Rf].[Rf].[Rf].[Rf].[Rf]. The molecule has 0 aliphatic heterocycles. The van der Waals surface area contributed by atoms with Crippen LogP contribution in [-0.2, 0) is 56.8 Å². The van der Waals surface area contributed by atoms with Crippen molar-refractivity contribution in [2.75, 3.05) is 119 Å². The summed E-state index contributed by atoms with van der Waals surface area (Å²) in [4.78, 5) is 0. The summed E-state index contributed by atoms with van der Waals surface area (Å²) in [6.07, 6.45) is -9.05. The Morgan fingerprint density at radius 3 is 0.639 bits per heavy atom. The fraction of sp³-hybridized carbons (Fsp3) is 0.846. The number of aliphatic hydroxyl groups excluding tert-OH is 12. The van der Waals surface area contributed by atoms with Gasteiger partial charge in [-0.3, -0.25) is 0 Å². The molecule has 0 aromatic carbocycles. The Balaban J connectivity index is -0.0000000769. The average molecular weight is 3330 g/mol. The summed E-state index contributed by atoms with van der Waals surface area (Å²) in [5.74, 6) is 0. The predicted molar refractivity (Wildman–Crippen MR) is 219 cm³/mol. The molecule has 0 spiro atoms. The van der Waals surface area contributed by atoms with Crippen LogP contribution in [0.2, 0.25) is 0 Å². The maximum Gasteiger partial charge on any atom is 0.105 e. The third-order valence-electron chi connectivity index (χ3n) is 7.85. The first-order valence-electron chi connectivity index (χ1n) is 19.9. The summed E-state index contributed by atoms with van der Waals surface area (Å²) in [6.45, 7) is 0.690. The van der Waals surface area contributed by atoms with E-state index in [1.807, 2.05) is 0 Å². The number of ether oxygens (including phenoxy) is 12. The first-order chi connectivity index (χ1) is 30.1.